The van der Waals surface area contributed by atoms with E-state index in [1.165, 1.54) is 24.3 Å². The fraction of sp³-hybridized carbons (Fsp3) is 0. The zero-order valence-corrected chi connectivity index (χ0v) is 34.8. The van der Waals surface area contributed by atoms with Crippen LogP contribution in [0.3, 0.4) is 0 Å². The van der Waals surface area contributed by atoms with Gasteiger partial charge in [0.2, 0.25) is 23.3 Å². The molecule has 0 saturated carbocycles. The van der Waals surface area contributed by atoms with Crippen LogP contribution in [0.15, 0.2) is 30.3 Å². The van der Waals surface area contributed by atoms with Gasteiger partial charge in [-0.2, -0.15) is 0 Å². The van der Waals surface area contributed by atoms with Crippen molar-refractivity contribution in [1.82, 2.24) is 19.9 Å². The van der Waals surface area contributed by atoms with Crippen molar-refractivity contribution in [3.8, 4) is 33.4 Å². The number of aromatic amines is 2. The Hall–Kier alpha value is -7.11. The summed E-state index contributed by atoms with van der Waals surface area (Å²) in [6, 6.07) is 5.11. The van der Waals surface area contributed by atoms with Gasteiger partial charge in [0.15, 0.2) is 93.1 Å². The van der Waals surface area contributed by atoms with Crippen molar-refractivity contribution in [3.63, 3.8) is 0 Å². The first-order valence-electron chi connectivity index (χ1n) is 18.3. The molecule has 0 saturated heterocycles. The van der Waals surface area contributed by atoms with E-state index in [1.807, 2.05) is 4.98 Å². The number of H-pyrrole nitrogens is 2. The Morgan fingerprint density at radius 2 is 0.643 bits per heavy atom. The third kappa shape index (κ3) is 7.48. The van der Waals surface area contributed by atoms with Gasteiger partial charge in [-0.25, -0.2) is 97.8 Å². The van der Waals surface area contributed by atoms with E-state index in [1.54, 1.807) is 0 Å². The third-order valence-corrected chi connectivity index (χ3v) is 10.5. The van der Waals surface area contributed by atoms with Crippen molar-refractivity contribution in [2.75, 3.05) is 0 Å². The van der Waals surface area contributed by atoms with Crippen molar-refractivity contribution in [2.45, 2.75) is 0 Å². The second-order valence-electron chi connectivity index (χ2n) is 14.4. The zero-order valence-electron chi connectivity index (χ0n) is 32.8. The molecule has 0 unspecified atom stereocenters. The molecular formula is C44H11ClF20FeN4. The molecule has 362 valence electrons. The van der Waals surface area contributed by atoms with Crippen LogP contribution in [0.2, 0.25) is 0 Å². The van der Waals surface area contributed by atoms with Gasteiger partial charge in [0.25, 0.3) is 0 Å². The van der Waals surface area contributed by atoms with Crippen LogP contribution in [0.4, 0.5) is 87.8 Å². The van der Waals surface area contributed by atoms with Gasteiger partial charge in [0.1, 0.15) is 0 Å². The Labute approximate surface area is 390 Å². The number of benzene rings is 4. The molecular weight excluding hydrogens is 1060 g/mol. The summed E-state index contributed by atoms with van der Waals surface area (Å²) in [4.78, 5) is 12.7. The van der Waals surface area contributed by atoms with Crippen molar-refractivity contribution in [3.05, 3.63) is 175 Å². The Bertz CT molecular complexity index is 3600. The number of fused-ring (bicyclic) bond motifs is 8. The predicted molar refractivity (Wildman–Crippen MR) is 206 cm³/mol. The third-order valence-electron chi connectivity index (χ3n) is 10.5. The van der Waals surface area contributed by atoms with E-state index < -0.39 is 189 Å². The molecule has 0 fully saturated rings. The van der Waals surface area contributed by atoms with Crippen LogP contribution in [-0.4, -0.2) is 19.9 Å². The molecule has 4 aromatic carbocycles. The summed E-state index contributed by atoms with van der Waals surface area (Å²) in [7, 11) is 0. The van der Waals surface area contributed by atoms with Gasteiger partial charge in [-0.05, 0) is 48.6 Å². The quantitative estimate of drug-likeness (QED) is 0.0799. The summed E-state index contributed by atoms with van der Waals surface area (Å²) in [5.41, 5.74) is -24.0. The van der Waals surface area contributed by atoms with Crippen LogP contribution >= 0.6 is 12.4 Å². The Balaban J connectivity index is 0.00000361. The summed E-state index contributed by atoms with van der Waals surface area (Å²) in [5.74, 6) is -58.8. The SMILES string of the molecule is Cl.Fc1c(F)c(F)c(C2=Cc3cc4ccc(cc5nc(cc6[nH]c(c(-c7c(F)c(F)c(F)c(F)c7F)c2n3)c(-c2c(F)c(F)c(F)c(F)c2F)c6-c2c(F)c(F)c(F)c(F)c2F)C=C5)[nH]4)c(F)c1F.[Fe]. The van der Waals surface area contributed by atoms with E-state index >= 15 is 61.5 Å². The van der Waals surface area contributed by atoms with Crippen LogP contribution in [0, 0.1) is 116 Å². The minimum atomic E-state index is -3.05. The molecule has 9 rings (SSSR count). The van der Waals surface area contributed by atoms with E-state index in [2.05, 4.69) is 15.0 Å². The molecule has 0 radical (unpaired) electrons. The van der Waals surface area contributed by atoms with Gasteiger partial charge in [-0.15, -0.1) is 12.4 Å². The molecule has 8 bridgehead atoms. The summed E-state index contributed by atoms with van der Waals surface area (Å²) < 4.78 is 310. The van der Waals surface area contributed by atoms with Crippen molar-refractivity contribution in [1.29, 1.82) is 0 Å². The van der Waals surface area contributed by atoms with Crippen LogP contribution in [0.5, 0.6) is 0 Å². The molecule has 0 spiro atoms. The van der Waals surface area contributed by atoms with E-state index in [0.29, 0.717) is 12.1 Å². The summed E-state index contributed by atoms with van der Waals surface area (Å²) in [6.45, 7) is 0. The van der Waals surface area contributed by atoms with Crippen molar-refractivity contribution < 1.29 is 105 Å². The maximum Gasteiger partial charge on any atom is 0.200 e. The smallest absolute Gasteiger partial charge is 0.200 e. The molecule has 0 atom stereocenters. The Kier molecular flexibility index (Phi) is 13.1. The molecule has 2 aliphatic heterocycles. The number of hydrogen-bond donors (Lipinski definition) is 2. The van der Waals surface area contributed by atoms with Crippen molar-refractivity contribution in [2.24, 2.45) is 0 Å². The number of hydrogen-bond acceptors (Lipinski definition) is 2. The molecule has 70 heavy (non-hydrogen) atoms. The fourth-order valence-corrected chi connectivity index (χ4v) is 7.51. The number of aromatic nitrogens is 4. The molecule has 0 amide bonds. The zero-order chi connectivity index (χ0) is 49.3. The number of halogens is 21. The van der Waals surface area contributed by atoms with Crippen molar-refractivity contribution >= 4 is 58.3 Å². The number of nitrogens with one attached hydrogen (secondary N) is 2. The Morgan fingerprint density at radius 1 is 0.314 bits per heavy atom. The first-order valence-corrected chi connectivity index (χ1v) is 18.3. The van der Waals surface area contributed by atoms with E-state index in [4.69, 9.17) is 0 Å². The molecule has 4 nitrogen and oxygen atoms in total. The number of rotatable bonds is 4. The summed E-state index contributed by atoms with van der Waals surface area (Å²) in [5, 5.41) is 0. The molecule has 26 heteroatoms. The van der Waals surface area contributed by atoms with Gasteiger partial charge < -0.3 is 9.97 Å². The minimum absolute atomic E-state index is 0. The molecule has 7 aromatic rings. The second-order valence-corrected chi connectivity index (χ2v) is 14.4. The van der Waals surface area contributed by atoms with Crippen LogP contribution < -0.4 is 0 Å². The van der Waals surface area contributed by atoms with E-state index in [9.17, 15) is 26.3 Å². The van der Waals surface area contributed by atoms with Gasteiger partial charge in [-0.3, -0.25) is 0 Å². The standard InChI is InChI=1S/C44H10F20N4.ClH.Fe/c45-23-16(24(46)32(54)39(61)31(23)53)14-7-13-6-11-2-1-9(65-11)5-10-3-4-12(66-10)8-15-17(19-25(47)33(55)40(62)34(56)26(19)48)18(20-27(49)35(57)41(63)36(58)28(20)50)44(68-15)22(43(14)67-13)21-29(51)37(59)42(64)38(60)30(21)52;;/h1-8,65,68H;1H;. The van der Waals surface area contributed by atoms with Gasteiger partial charge in [0, 0.05) is 55.9 Å². The van der Waals surface area contributed by atoms with Crippen LogP contribution in [0.1, 0.15) is 28.3 Å². The van der Waals surface area contributed by atoms with Crippen LogP contribution in [0.25, 0.3) is 79.2 Å². The first-order chi connectivity index (χ1) is 32.0. The summed E-state index contributed by atoms with van der Waals surface area (Å²) in [6.07, 6.45) is 2.52. The molecule has 2 aliphatic rings. The predicted octanol–water partition coefficient (Wildman–Crippen LogP) is 14.3. The average molecular weight is 1070 g/mol. The molecule has 5 heterocycles. The first kappa shape index (κ1) is 50.8. The maximum absolute atomic E-state index is 16.4. The van der Waals surface area contributed by atoms with E-state index in [0.717, 1.165) is 12.1 Å². The molecule has 0 aliphatic carbocycles. The van der Waals surface area contributed by atoms with Crippen LogP contribution in [-0.2, 0) is 17.1 Å². The average Bonchev–Trinajstić information content (AvgIpc) is 4.13. The normalized spacial score (nSPS) is 12.1. The molecule has 3 aromatic heterocycles. The topological polar surface area (TPSA) is 57.4 Å². The minimum Gasteiger partial charge on any atom is -0.355 e. The van der Waals surface area contributed by atoms with Gasteiger partial charge in [-0.1, -0.05) is 0 Å². The second kappa shape index (κ2) is 18.0. The largest absolute Gasteiger partial charge is 0.355 e. The fourth-order valence-electron chi connectivity index (χ4n) is 7.51. The van der Waals surface area contributed by atoms with Gasteiger partial charge >= 0.3 is 0 Å². The van der Waals surface area contributed by atoms with E-state index in [-0.39, 0.29) is 46.2 Å². The molecule has 2 N–H and O–H groups in total. The van der Waals surface area contributed by atoms with Gasteiger partial charge in [0.05, 0.1) is 50.5 Å². The monoisotopic (exact) mass is 1070 g/mol. The summed E-state index contributed by atoms with van der Waals surface area (Å²) >= 11 is 0. The number of nitrogens with zero attached hydrogens (tertiary/aromatic N) is 2. The Morgan fingerprint density at radius 3 is 1.06 bits per heavy atom. The maximum atomic E-state index is 16.4.